The van der Waals surface area contributed by atoms with Crippen LogP contribution in [-0.4, -0.2) is 14.1 Å². The fourth-order valence-electron chi connectivity index (χ4n) is 3.43. The third-order valence-electron chi connectivity index (χ3n) is 4.63. The summed E-state index contributed by atoms with van der Waals surface area (Å²) in [5, 5.41) is 6.85. The fraction of sp³-hybridized carbons (Fsp3) is 0.0833. The minimum atomic E-state index is -0.596. The number of anilines is 1. The maximum absolute atomic E-state index is 2.32. The van der Waals surface area contributed by atoms with Gasteiger partial charge >= 0.3 is 0 Å². The standard InChI is InChI=1S/C24H22NP/c1-25(2)23-17-18-24(22-16-10-9-15-21(22)23)26(19-11-5-3-6-12-19)20-13-7-4-8-14-20/h3-18H,1-2H3. The first-order chi connectivity index (χ1) is 12.8. The Morgan fingerprint density at radius 1 is 0.538 bits per heavy atom. The van der Waals surface area contributed by atoms with E-state index in [9.17, 15) is 0 Å². The van der Waals surface area contributed by atoms with Gasteiger partial charge in [-0.25, -0.2) is 0 Å². The van der Waals surface area contributed by atoms with Crippen LogP contribution in [0.3, 0.4) is 0 Å². The highest BCUT2D eigenvalue weighted by Crippen LogP contribution is 2.37. The van der Waals surface area contributed by atoms with E-state index in [4.69, 9.17) is 0 Å². The van der Waals surface area contributed by atoms with Crippen LogP contribution >= 0.6 is 7.92 Å². The number of fused-ring (bicyclic) bond motifs is 1. The number of benzene rings is 4. The van der Waals surface area contributed by atoms with Crippen LogP contribution in [0, 0.1) is 0 Å². The molecule has 0 saturated carbocycles. The van der Waals surface area contributed by atoms with Gasteiger partial charge in [-0.2, -0.15) is 0 Å². The van der Waals surface area contributed by atoms with Crippen molar-refractivity contribution in [1.82, 2.24) is 0 Å². The van der Waals surface area contributed by atoms with E-state index >= 15 is 0 Å². The molecule has 0 atom stereocenters. The summed E-state index contributed by atoms with van der Waals surface area (Å²) in [6.07, 6.45) is 0. The number of nitrogens with zero attached hydrogens (tertiary/aromatic N) is 1. The highest BCUT2D eigenvalue weighted by atomic mass is 31.1. The Labute approximate surface area is 156 Å². The van der Waals surface area contributed by atoms with E-state index in [0.29, 0.717) is 0 Å². The molecule has 0 heterocycles. The zero-order valence-electron chi connectivity index (χ0n) is 15.1. The molecule has 0 aliphatic rings. The maximum Gasteiger partial charge on any atom is 0.0441 e. The Morgan fingerprint density at radius 3 is 1.58 bits per heavy atom. The summed E-state index contributed by atoms with van der Waals surface area (Å²) in [6, 6.07) is 35.1. The largest absolute Gasteiger partial charge is 0.377 e. The van der Waals surface area contributed by atoms with Gasteiger partial charge in [0.15, 0.2) is 0 Å². The zero-order valence-corrected chi connectivity index (χ0v) is 16.0. The zero-order chi connectivity index (χ0) is 17.9. The predicted molar refractivity (Wildman–Crippen MR) is 117 cm³/mol. The Morgan fingerprint density at radius 2 is 1.04 bits per heavy atom. The van der Waals surface area contributed by atoms with Gasteiger partial charge in [0, 0.05) is 25.2 Å². The molecule has 4 aromatic carbocycles. The van der Waals surface area contributed by atoms with Crippen molar-refractivity contribution in [3.63, 3.8) is 0 Å². The molecule has 0 saturated heterocycles. The monoisotopic (exact) mass is 355 g/mol. The number of hydrogen-bond acceptors (Lipinski definition) is 1. The molecule has 26 heavy (non-hydrogen) atoms. The van der Waals surface area contributed by atoms with Crippen LogP contribution in [-0.2, 0) is 0 Å². The SMILES string of the molecule is CN(C)c1ccc(P(c2ccccc2)c2ccccc2)c2ccccc12. The molecule has 4 aromatic rings. The van der Waals surface area contributed by atoms with Gasteiger partial charge in [-0.1, -0.05) is 91.0 Å². The average molecular weight is 355 g/mol. The van der Waals surface area contributed by atoms with Crippen LogP contribution in [0.5, 0.6) is 0 Å². The second-order valence-corrected chi connectivity index (χ2v) is 8.74. The second-order valence-electron chi connectivity index (χ2n) is 6.55. The fourth-order valence-corrected chi connectivity index (χ4v) is 5.89. The molecule has 0 radical (unpaired) electrons. The Kier molecular flexibility index (Phi) is 4.73. The van der Waals surface area contributed by atoms with E-state index in [2.05, 4.69) is 116 Å². The molecule has 1 nitrogen and oxygen atoms in total. The first kappa shape index (κ1) is 16.8. The van der Waals surface area contributed by atoms with Crippen molar-refractivity contribution < 1.29 is 0 Å². The molecule has 0 aliphatic carbocycles. The van der Waals surface area contributed by atoms with Gasteiger partial charge in [0.25, 0.3) is 0 Å². The highest BCUT2D eigenvalue weighted by Gasteiger charge is 2.19. The van der Waals surface area contributed by atoms with Crippen molar-refractivity contribution in [3.05, 3.63) is 97.1 Å². The predicted octanol–water partition coefficient (Wildman–Crippen LogP) is 4.66. The molecule has 128 valence electrons. The topological polar surface area (TPSA) is 3.24 Å². The Hall–Kier alpha value is -2.63. The number of hydrogen-bond donors (Lipinski definition) is 0. The third-order valence-corrected chi connectivity index (χ3v) is 7.13. The maximum atomic E-state index is 2.32. The molecular weight excluding hydrogens is 333 g/mol. The summed E-state index contributed by atoms with van der Waals surface area (Å²) in [5.41, 5.74) is 1.26. The van der Waals surface area contributed by atoms with Crippen molar-refractivity contribution >= 4 is 40.3 Å². The van der Waals surface area contributed by atoms with E-state index in [1.54, 1.807) is 0 Å². The molecule has 4 rings (SSSR count). The van der Waals surface area contributed by atoms with Crippen molar-refractivity contribution in [2.24, 2.45) is 0 Å². The number of rotatable bonds is 4. The lowest BCUT2D eigenvalue weighted by Gasteiger charge is -2.23. The van der Waals surface area contributed by atoms with Gasteiger partial charge in [0.1, 0.15) is 0 Å². The summed E-state index contributed by atoms with van der Waals surface area (Å²) in [6.45, 7) is 0. The van der Waals surface area contributed by atoms with Crippen molar-refractivity contribution in [2.75, 3.05) is 19.0 Å². The van der Waals surface area contributed by atoms with Crippen LogP contribution in [0.25, 0.3) is 10.8 Å². The summed E-state index contributed by atoms with van der Waals surface area (Å²) >= 11 is 0. The molecule has 0 amide bonds. The molecule has 0 aromatic heterocycles. The summed E-state index contributed by atoms with van der Waals surface area (Å²) < 4.78 is 0. The quantitative estimate of drug-likeness (QED) is 0.481. The van der Waals surface area contributed by atoms with Crippen LogP contribution in [0.1, 0.15) is 0 Å². The normalized spacial score (nSPS) is 11.0. The van der Waals surface area contributed by atoms with E-state index < -0.39 is 7.92 Å². The van der Waals surface area contributed by atoms with Crippen molar-refractivity contribution in [3.8, 4) is 0 Å². The average Bonchev–Trinajstić information content (AvgIpc) is 2.70. The summed E-state index contributed by atoms with van der Waals surface area (Å²) in [7, 11) is 3.62. The minimum absolute atomic E-state index is 0.596. The van der Waals surface area contributed by atoms with Gasteiger partial charge < -0.3 is 4.90 Å². The van der Waals surface area contributed by atoms with Gasteiger partial charge in [-0.3, -0.25) is 0 Å². The van der Waals surface area contributed by atoms with Gasteiger partial charge in [-0.05, 0) is 35.3 Å². The van der Waals surface area contributed by atoms with Crippen molar-refractivity contribution in [2.45, 2.75) is 0 Å². The first-order valence-electron chi connectivity index (χ1n) is 8.85. The summed E-state index contributed by atoms with van der Waals surface area (Å²) in [5.74, 6) is 0. The second kappa shape index (κ2) is 7.32. The molecule has 0 spiro atoms. The third kappa shape index (κ3) is 3.11. The lowest BCUT2D eigenvalue weighted by Crippen LogP contribution is -2.22. The van der Waals surface area contributed by atoms with E-state index in [1.807, 2.05) is 0 Å². The van der Waals surface area contributed by atoms with E-state index in [0.717, 1.165) is 0 Å². The van der Waals surface area contributed by atoms with Gasteiger partial charge in [0.05, 0.1) is 0 Å². The van der Waals surface area contributed by atoms with Crippen LogP contribution in [0.2, 0.25) is 0 Å². The Bertz CT molecular complexity index is 970. The van der Waals surface area contributed by atoms with E-state index in [1.165, 1.54) is 32.4 Å². The Balaban J connectivity index is 2.00. The van der Waals surface area contributed by atoms with E-state index in [-0.39, 0.29) is 0 Å². The minimum Gasteiger partial charge on any atom is -0.377 e. The molecule has 0 unspecified atom stereocenters. The highest BCUT2D eigenvalue weighted by molar-refractivity contribution is 7.80. The van der Waals surface area contributed by atoms with Crippen LogP contribution in [0.4, 0.5) is 5.69 Å². The van der Waals surface area contributed by atoms with Crippen molar-refractivity contribution in [1.29, 1.82) is 0 Å². The van der Waals surface area contributed by atoms with Gasteiger partial charge in [0.2, 0.25) is 0 Å². The molecular formula is C24H22NP. The van der Waals surface area contributed by atoms with Crippen LogP contribution < -0.4 is 20.8 Å². The lowest BCUT2D eigenvalue weighted by atomic mass is 10.1. The smallest absolute Gasteiger partial charge is 0.0441 e. The lowest BCUT2D eigenvalue weighted by molar-refractivity contribution is 1.14. The molecule has 0 N–H and O–H groups in total. The first-order valence-corrected chi connectivity index (χ1v) is 10.2. The molecule has 2 heteroatoms. The molecule has 0 aliphatic heterocycles. The molecule has 0 bridgehead atoms. The van der Waals surface area contributed by atoms with Gasteiger partial charge in [-0.15, -0.1) is 0 Å². The van der Waals surface area contributed by atoms with Crippen LogP contribution in [0.15, 0.2) is 97.1 Å². The summed E-state index contributed by atoms with van der Waals surface area (Å²) in [4.78, 5) is 2.19. The molecule has 0 fully saturated rings.